The third-order valence-electron chi connectivity index (χ3n) is 2.68. The van der Waals surface area contributed by atoms with E-state index in [1.54, 1.807) is 24.0 Å². The highest BCUT2D eigenvalue weighted by Crippen LogP contribution is 2.12. The molecule has 1 amide bonds. The predicted molar refractivity (Wildman–Crippen MR) is 77.5 cm³/mol. The molecule has 0 unspecified atom stereocenters. The van der Waals surface area contributed by atoms with Crippen LogP contribution in [0.1, 0.15) is 16.8 Å². The molecule has 0 aliphatic rings. The third kappa shape index (κ3) is 3.97. The lowest BCUT2D eigenvalue weighted by Crippen LogP contribution is -2.25. The molecule has 2 aromatic rings. The molecule has 19 heavy (non-hydrogen) atoms. The maximum atomic E-state index is 11.9. The van der Waals surface area contributed by atoms with Crippen molar-refractivity contribution in [2.24, 2.45) is 0 Å². The van der Waals surface area contributed by atoms with E-state index < -0.39 is 0 Å². The summed E-state index contributed by atoms with van der Waals surface area (Å²) in [5, 5.41) is 19.2. The zero-order valence-electron chi connectivity index (χ0n) is 10.6. The van der Waals surface area contributed by atoms with E-state index in [0.717, 1.165) is 28.8 Å². The average Bonchev–Trinajstić information content (AvgIpc) is 2.89. The first-order valence-corrected chi connectivity index (χ1v) is 7.36. The molecular weight excluding hydrogens is 262 g/mol. The number of carbonyl (C=O) groups is 1. The van der Waals surface area contributed by atoms with Crippen LogP contribution in [0.3, 0.4) is 0 Å². The molecule has 2 rings (SSSR count). The van der Waals surface area contributed by atoms with Crippen LogP contribution in [0.15, 0.2) is 24.4 Å². The Kier molecular flexibility index (Phi) is 5.23. The number of amides is 1. The molecular formula is C13H17N3O2S. The first-order valence-electron chi connectivity index (χ1n) is 6.21. The fourth-order valence-electron chi connectivity index (χ4n) is 1.69. The van der Waals surface area contributed by atoms with Crippen molar-refractivity contribution >= 4 is 28.6 Å². The average molecular weight is 279 g/mol. The molecule has 3 N–H and O–H groups in total. The highest BCUT2D eigenvalue weighted by Gasteiger charge is 2.06. The Hall–Kier alpha value is -1.53. The Labute approximate surface area is 115 Å². The summed E-state index contributed by atoms with van der Waals surface area (Å²) in [6.45, 7) is 0.864. The minimum atomic E-state index is -0.0640. The largest absolute Gasteiger partial charge is 0.396 e. The number of fused-ring (bicyclic) bond motifs is 1. The lowest BCUT2D eigenvalue weighted by atomic mass is 10.1. The number of hydrogen-bond donors (Lipinski definition) is 3. The number of benzene rings is 1. The summed E-state index contributed by atoms with van der Waals surface area (Å²) < 4.78 is 0. The van der Waals surface area contributed by atoms with Crippen molar-refractivity contribution in [2.75, 3.05) is 24.7 Å². The van der Waals surface area contributed by atoms with Crippen LogP contribution in [0.25, 0.3) is 10.9 Å². The lowest BCUT2D eigenvalue weighted by Gasteiger charge is -2.05. The van der Waals surface area contributed by atoms with Gasteiger partial charge in [-0.05, 0) is 30.4 Å². The predicted octanol–water partition coefficient (Wildman–Crippen LogP) is 1.41. The van der Waals surface area contributed by atoms with Crippen LogP contribution in [0.5, 0.6) is 0 Å². The first kappa shape index (κ1) is 13.9. The van der Waals surface area contributed by atoms with Crippen LogP contribution in [0.4, 0.5) is 0 Å². The van der Waals surface area contributed by atoms with E-state index in [1.165, 1.54) is 0 Å². The number of nitrogens with one attached hydrogen (secondary N) is 2. The van der Waals surface area contributed by atoms with E-state index in [2.05, 4.69) is 15.5 Å². The van der Waals surface area contributed by atoms with E-state index in [0.29, 0.717) is 12.1 Å². The first-order chi connectivity index (χ1) is 9.31. The topological polar surface area (TPSA) is 78.0 Å². The van der Waals surface area contributed by atoms with Gasteiger partial charge in [-0.1, -0.05) is 0 Å². The number of carbonyl (C=O) groups excluding carboxylic acids is 1. The molecule has 0 aliphatic carbocycles. The van der Waals surface area contributed by atoms with Crippen LogP contribution in [0.2, 0.25) is 0 Å². The zero-order chi connectivity index (χ0) is 13.5. The van der Waals surface area contributed by atoms with E-state index in [4.69, 9.17) is 5.11 Å². The van der Waals surface area contributed by atoms with Crippen molar-refractivity contribution in [2.45, 2.75) is 6.42 Å². The summed E-state index contributed by atoms with van der Waals surface area (Å²) in [5.74, 6) is 1.72. The summed E-state index contributed by atoms with van der Waals surface area (Å²) >= 11 is 1.73. The van der Waals surface area contributed by atoms with Gasteiger partial charge in [0.2, 0.25) is 0 Å². The third-order valence-corrected chi connectivity index (χ3v) is 3.75. The molecule has 0 atom stereocenters. The van der Waals surface area contributed by atoms with Crippen molar-refractivity contribution < 1.29 is 9.90 Å². The Morgan fingerprint density at radius 3 is 3.16 bits per heavy atom. The molecule has 0 radical (unpaired) electrons. The van der Waals surface area contributed by atoms with Crippen molar-refractivity contribution in [1.29, 1.82) is 0 Å². The SMILES string of the molecule is O=C(NCCSCCCO)c1ccc2[nH]ncc2c1. The molecule has 1 aromatic heterocycles. The van der Waals surface area contributed by atoms with Gasteiger partial charge in [0, 0.05) is 29.9 Å². The molecule has 0 bridgehead atoms. The molecule has 0 fully saturated rings. The number of aromatic nitrogens is 2. The minimum absolute atomic E-state index is 0.0640. The fourth-order valence-corrected chi connectivity index (χ4v) is 2.48. The summed E-state index contributed by atoms with van der Waals surface area (Å²) in [7, 11) is 0. The van der Waals surface area contributed by atoms with Gasteiger partial charge in [0.15, 0.2) is 0 Å². The molecule has 0 spiro atoms. The smallest absolute Gasteiger partial charge is 0.251 e. The summed E-state index contributed by atoms with van der Waals surface area (Å²) in [4.78, 5) is 11.9. The van der Waals surface area contributed by atoms with Crippen molar-refractivity contribution in [1.82, 2.24) is 15.5 Å². The normalized spacial score (nSPS) is 10.8. The number of rotatable bonds is 7. The van der Waals surface area contributed by atoms with Gasteiger partial charge in [-0.2, -0.15) is 16.9 Å². The molecule has 5 nitrogen and oxygen atoms in total. The maximum Gasteiger partial charge on any atom is 0.251 e. The molecule has 6 heteroatoms. The molecule has 0 saturated heterocycles. The van der Waals surface area contributed by atoms with Gasteiger partial charge in [0.05, 0.1) is 11.7 Å². The van der Waals surface area contributed by atoms with Crippen LogP contribution < -0.4 is 5.32 Å². The Balaban J connectivity index is 1.79. The van der Waals surface area contributed by atoms with Crippen molar-refractivity contribution in [3.05, 3.63) is 30.0 Å². The van der Waals surface area contributed by atoms with Gasteiger partial charge < -0.3 is 10.4 Å². The molecule has 1 aromatic carbocycles. The Morgan fingerprint density at radius 1 is 1.42 bits per heavy atom. The second-order valence-corrected chi connectivity index (χ2v) is 5.34. The quantitative estimate of drug-likeness (QED) is 0.670. The number of hydrogen-bond acceptors (Lipinski definition) is 4. The van der Waals surface area contributed by atoms with Gasteiger partial charge in [-0.3, -0.25) is 9.89 Å². The summed E-state index contributed by atoms with van der Waals surface area (Å²) in [6, 6.07) is 5.47. The summed E-state index contributed by atoms with van der Waals surface area (Å²) in [6.07, 6.45) is 2.51. The Bertz CT molecular complexity index is 541. The number of aromatic amines is 1. The van der Waals surface area contributed by atoms with E-state index in [9.17, 15) is 4.79 Å². The van der Waals surface area contributed by atoms with Crippen LogP contribution in [-0.4, -0.2) is 45.9 Å². The van der Waals surface area contributed by atoms with Crippen LogP contribution in [0, 0.1) is 0 Å². The Morgan fingerprint density at radius 2 is 2.32 bits per heavy atom. The van der Waals surface area contributed by atoms with Gasteiger partial charge in [-0.25, -0.2) is 0 Å². The van der Waals surface area contributed by atoms with E-state index in [1.807, 2.05) is 12.1 Å². The molecule has 1 heterocycles. The second-order valence-electron chi connectivity index (χ2n) is 4.12. The monoisotopic (exact) mass is 279 g/mol. The number of aliphatic hydroxyl groups is 1. The van der Waals surface area contributed by atoms with Crippen LogP contribution in [-0.2, 0) is 0 Å². The van der Waals surface area contributed by atoms with Crippen molar-refractivity contribution in [3.63, 3.8) is 0 Å². The summed E-state index contributed by atoms with van der Waals surface area (Å²) in [5.41, 5.74) is 1.57. The fraction of sp³-hybridized carbons (Fsp3) is 0.385. The minimum Gasteiger partial charge on any atom is -0.396 e. The van der Waals surface area contributed by atoms with E-state index >= 15 is 0 Å². The highest BCUT2D eigenvalue weighted by atomic mass is 32.2. The number of H-pyrrole nitrogens is 1. The highest BCUT2D eigenvalue weighted by molar-refractivity contribution is 7.99. The maximum absolute atomic E-state index is 11.9. The number of aliphatic hydroxyl groups excluding tert-OH is 1. The van der Waals surface area contributed by atoms with E-state index in [-0.39, 0.29) is 12.5 Å². The van der Waals surface area contributed by atoms with Crippen molar-refractivity contribution in [3.8, 4) is 0 Å². The number of thioether (sulfide) groups is 1. The van der Waals surface area contributed by atoms with Gasteiger partial charge in [0.1, 0.15) is 0 Å². The standard InChI is InChI=1S/C13H17N3O2S/c17-5-1-6-19-7-4-14-13(18)10-2-3-12-11(8-10)9-15-16-12/h2-3,8-9,17H,1,4-7H2,(H,14,18)(H,15,16). The zero-order valence-corrected chi connectivity index (χ0v) is 11.4. The van der Waals surface area contributed by atoms with Gasteiger partial charge >= 0.3 is 0 Å². The second kappa shape index (κ2) is 7.16. The number of nitrogens with zero attached hydrogens (tertiary/aromatic N) is 1. The van der Waals surface area contributed by atoms with Gasteiger partial charge in [-0.15, -0.1) is 0 Å². The lowest BCUT2D eigenvalue weighted by molar-refractivity contribution is 0.0956. The van der Waals surface area contributed by atoms with Crippen LogP contribution >= 0.6 is 11.8 Å². The molecule has 0 aliphatic heterocycles. The molecule has 102 valence electrons. The molecule has 0 saturated carbocycles. The van der Waals surface area contributed by atoms with Gasteiger partial charge in [0.25, 0.3) is 5.91 Å².